The molecule has 4 nitrogen and oxygen atoms in total. The minimum absolute atomic E-state index is 0.655. The molecule has 0 saturated heterocycles. The highest BCUT2D eigenvalue weighted by Gasteiger charge is 2.03. The number of benzene rings is 1. The maximum Gasteiger partial charge on any atom is 0.136 e. The summed E-state index contributed by atoms with van der Waals surface area (Å²) in [5.41, 5.74) is 0.883. The number of hydrogen-bond acceptors (Lipinski definition) is 4. The van der Waals surface area contributed by atoms with Gasteiger partial charge in [0.1, 0.15) is 17.5 Å². The molecule has 2 aromatic rings. The molecule has 19 heavy (non-hydrogen) atoms. The number of rotatable bonds is 4. The summed E-state index contributed by atoms with van der Waals surface area (Å²) >= 11 is 9.42. The van der Waals surface area contributed by atoms with E-state index in [9.17, 15) is 0 Å². The van der Waals surface area contributed by atoms with Crippen molar-refractivity contribution >= 4 is 44.9 Å². The van der Waals surface area contributed by atoms with E-state index >= 15 is 0 Å². The number of hydrogen-bond donors (Lipinski definition) is 2. The molecule has 0 bridgehead atoms. The minimum Gasteiger partial charge on any atom is -0.370 e. The first-order valence-corrected chi connectivity index (χ1v) is 7.07. The van der Waals surface area contributed by atoms with E-state index in [0.29, 0.717) is 10.8 Å². The van der Waals surface area contributed by atoms with Crippen molar-refractivity contribution in [3.8, 4) is 0 Å². The first-order chi connectivity index (χ1) is 9.08. The fraction of sp³-hybridized carbons (Fsp3) is 0.231. The van der Waals surface area contributed by atoms with Crippen LogP contribution in [0.4, 0.5) is 17.3 Å². The van der Waals surface area contributed by atoms with Gasteiger partial charge in [-0.3, -0.25) is 0 Å². The molecule has 100 valence electrons. The summed E-state index contributed by atoms with van der Waals surface area (Å²) in [6, 6.07) is 7.53. The van der Waals surface area contributed by atoms with Gasteiger partial charge in [-0.15, -0.1) is 0 Å². The fourth-order valence-corrected chi connectivity index (χ4v) is 2.05. The summed E-state index contributed by atoms with van der Waals surface area (Å²) in [5.74, 6) is 2.26. The molecule has 2 N–H and O–H groups in total. The lowest BCUT2D eigenvalue weighted by molar-refractivity contribution is 1.04. The number of anilines is 3. The van der Waals surface area contributed by atoms with E-state index in [1.807, 2.05) is 38.1 Å². The van der Waals surface area contributed by atoms with Crippen LogP contribution in [0.15, 0.2) is 28.7 Å². The summed E-state index contributed by atoms with van der Waals surface area (Å²) in [7, 11) is 0. The maximum absolute atomic E-state index is 6.06. The Kier molecular flexibility index (Phi) is 4.61. The third-order valence-electron chi connectivity index (χ3n) is 2.39. The Morgan fingerprint density at radius 2 is 1.95 bits per heavy atom. The van der Waals surface area contributed by atoms with E-state index < -0.39 is 0 Å². The van der Waals surface area contributed by atoms with E-state index in [1.54, 1.807) is 0 Å². The number of nitrogens with one attached hydrogen (secondary N) is 2. The Bertz CT molecular complexity index is 589. The fourth-order valence-electron chi connectivity index (χ4n) is 1.63. The van der Waals surface area contributed by atoms with Crippen LogP contribution >= 0.6 is 27.5 Å². The van der Waals surface area contributed by atoms with Crippen molar-refractivity contribution < 1.29 is 0 Å². The lowest BCUT2D eigenvalue weighted by atomic mass is 10.3. The summed E-state index contributed by atoms with van der Waals surface area (Å²) in [4.78, 5) is 8.65. The molecule has 2 rings (SSSR count). The highest BCUT2D eigenvalue weighted by Crippen LogP contribution is 2.27. The van der Waals surface area contributed by atoms with Gasteiger partial charge < -0.3 is 10.6 Å². The largest absolute Gasteiger partial charge is 0.370 e. The topological polar surface area (TPSA) is 49.8 Å². The molecule has 0 saturated carbocycles. The first-order valence-electron chi connectivity index (χ1n) is 5.90. The SMILES string of the molecule is CCNc1cc(Nc2ccc(Br)c(Cl)c2)nc(C)n1. The van der Waals surface area contributed by atoms with Crippen molar-refractivity contribution in [1.29, 1.82) is 0 Å². The van der Waals surface area contributed by atoms with Crippen LogP contribution in [0.1, 0.15) is 12.7 Å². The molecule has 0 atom stereocenters. The van der Waals surface area contributed by atoms with Crippen LogP contribution in [-0.2, 0) is 0 Å². The van der Waals surface area contributed by atoms with Crippen molar-refractivity contribution in [2.45, 2.75) is 13.8 Å². The van der Waals surface area contributed by atoms with Gasteiger partial charge in [-0.05, 0) is 48.0 Å². The highest BCUT2D eigenvalue weighted by molar-refractivity contribution is 9.10. The monoisotopic (exact) mass is 340 g/mol. The van der Waals surface area contributed by atoms with Crippen molar-refractivity contribution in [1.82, 2.24) is 9.97 Å². The van der Waals surface area contributed by atoms with Gasteiger partial charge in [-0.1, -0.05) is 11.6 Å². The van der Waals surface area contributed by atoms with Crippen LogP contribution in [-0.4, -0.2) is 16.5 Å². The molecule has 0 spiro atoms. The van der Waals surface area contributed by atoms with Gasteiger partial charge in [-0.25, -0.2) is 9.97 Å². The van der Waals surface area contributed by atoms with Crippen LogP contribution in [0, 0.1) is 6.92 Å². The second kappa shape index (κ2) is 6.21. The van der Waals surface area contributed by atoms with Gasteiger partial charge in [0.2, 0.25) is 0 Å². The van der Waals surface area contributed by atoms with Gasteiger partial charge in [0.05, 0.1) is 5.02 Å². The average molecular weight is 342 g/mol. The zero-order valence-electron chi connectivity index (χ0n) is 10.7. The number of aromatic nitrogens is 2. The molecule has 0 aliphatic heterocycles. The summed E-state index contributed by atoms with van der Waals surface area (Å²) in [6.07, 6.45) is 0. The zero-order valence-corrected chi connectivity index (χ0v) is 13.0. The van der Waals surface area contributed by atoms with Gasteiger partial charge >= 0.3 is 0 Å². The highest BCUT2D eigenvalue weighted by atomic mass is 79.9. The molecule has 0 aliphatic rings. The summed E-state index contributed by atoms with van der Waals surface area (Å²) in [5, 5.41) is 7.04. The molecule has 0 amide bonds. The Morgan fingerprint density at radius 3 is 2.63 bits per heavy atom. The van der Waals surface area contributed by atoms with Crippen molar-refractivity contribution in [2.24, 2.45) is 0 Å². The molecule has 0 radical (unpaired) electrons. The lowest BCUT2D eigenvalue weighted by Gasteiger charge is -2.09. The summed E-state index contributed by atoms with van der Waals surface area (Å²) < 4.78 is 0.868. The molecular weight excluding hydrogens is 328 g/mol. The lowest BCUT2D eigenvalue weighted by Crippen LogP contribution is -2.04. The average Bonchev–Trinajstić information content (AvgIpc) is 2.33. The Hall–Kier alpha value is -1.33. The predicted molar refractivity (Wildman–Crippen MR) is 83.4 cm³/mol. The van der Waals surface area contributed by atoms with Crippen LogP contribution in [0.3, 0.4) is 0 Å². The second-order valence-electron chi connectivity index (χ2n) is 3.97. The second-order valence-corrected chi connectivity index (χ2v) is 5.23. The molecule has 1 heterocycles. The van der Waals surface area contributed by atoms with Gasteiger partial charge in [0.25, 0.3) is 0 Å². The Morgan fingerprint density at radius 1 is 1.21 bits per heavy atom. The number of halogens is 2. The molecule has 6 heteroatoms. The van der Waals surface area contributed by atoms with Gasteiger partial charge in [-0.2, -0.15) is 0 Å². The third kappa shape index (κ3) is 3.81. The molecular formula is C13H14BrClN4. The quantitative estimate of drug-likeness (QED) is 0.866. The van der Waals surface area contributed by atoms with Crippen LogP contribution in [0.5, 0.6) is 0 Å². The van der Waals surface area contributed by atoms with Crippen LogP contribution < -0.4 is 10.6 Å². The Balaban J connectivity index is 2.24. The van der Waals surface area contributed by atoms with Crippen LogP contribution in [0.2, 0.25) is 5.02 Å². The molecule has 0 aliphatic carbocycles. The molecule has 1 aromatic carbocycles. The van der Waals surface area contributed by atoms with Crippen molar-refractivity contribution in [2.75, 3.05) is 17.2 Å². The third-order valence-corrected chi connectivity index (χ3v) is 3.62. The smallest absolute Gasteiger partial charge is 0.136 e. The van der Waals surface area contributed by atoms with E-state index in [4.69, 9.17) is 11.6 Å². The normalized spacial score (nSPS) is 10.3. The van der Waals surface area contributed by atoms with E-state index in [2.05, 4.69) is 36.5 Å². The van der Waals surface area contributed by atoms with E-state index in [-0.39, 0.29) is 0 Å². The first kappa shape index (κ1) is 14.1. The van der Waals surface area contributed by atoms with E-state index in [1.165, 1.54) is 0 Å². The van der Waals surface area contributed by atoms with Crippen molar-refractivity contribution in [3.05, 3.63) is 39.6 Å². The molecule has 0 fully saturated rings. The summed E-state index contributed by atoms with van der Waals surface area (Å²) in [6.45, 7) is 4.71. The minimum atomic E-state index is 0.655. The predicted octanol–water partition coefficient (Wildman–Crippen LogP) is 4.38. The van der Waals surface area contributed by atoms with Crippen LogP contribution in [0.25, 0.3) is 0 Å². The van der Waals surface area contributed by atoms with Gasteiger partial charge in [0.15, 0.2) is 0 Å². The maximum atomic E-state index is 6.06. The number of aryl methyl sites for hydroxylation is 1. The Labute approximate surface area is 125 Å². The van der Waals surface area contributed by atoms with Gasteiger partial charge in [0, 0.05) is 22.8 Å². The zero-order chi connectivity index (χ0) is 13.8. The number of nitrogens with zero attached hydrogens (tertiary/aromatic N) is 2. The molecule has 1 aromatic heterocycles. The van der Waals surface area contributed by atoms with Crippen molar-refractivity contribution in [3.63, 3.8) is 0 Å². The van der Waals surface area contributed by atoms with E-state index in [0.717, 1.165) is 28.3 Å². The molecule has 0 unspecified atom stereocenters. The standard InChI is InChI=1S/C13H14BrClN4/c1-3-16-12-7-13(18-8(2)17-12)19-9-4-5-10(14)11(15)6-9/h4-7H,3H2,1-2H3,(H2,16,17,18,19).